The summed E-state index contributed by atoms with van der Waals surface area (Å²) in [6.07, 6.45) is -1.92. The third-order valence-corrected chi connectivity index (χ3v) is 2.20. The van der Waals surface area contributed by atoms with Gasteiger partial charge >= 0.3 is 5.92 Å². The Morgan fingerprint density at radius 1 is 1.55 bits per heavy atom. The number of halogens is 2. The summed E-state index contributed by atoms with van der Waals surface area (Å²) in [5.74, 6) is -3.97. The van der Waals surface area contributed by atoms with E-state index in [0.717, 1.165) is 0 Å². The predicted molar refractivity (Wildman–Crippen MR) is 35.3 cm³/mol. The van der Waals surface area contributed by atoms with Crippen molar-refractivity contribution in [2.75, 3.05) is 0 Å². The van der Waals surface area contributed by atoms with Gasteiger partial charge in [-0.25, -0.2) is 8.78 Å². The van der Waals surface area contributed by atoms with Crippen molar-refractivity contribution >= 4 is 0 Å². The van der Waals surface area contributed by atoms with E-state index in [1.54, 1.807) is 6.92 Å². The van der Waals surface area contributed by atoms with Crippen LogP contribution < -0.4 is 0 Å². The Bertz CT molecular complexity index is 149. The minimum absolute atomic E-state index is 0.508. The highest BCUT2D eigenvalue weighted by atomic mass is 19.3. The number of alkyl halides is 2. The van der Waals surface area contributed by atoms with Crippen LogP contribution in [0.3, 0.4) is 0 Å². The van der Waals surface area contributed by atoms with Gasteiger partial charge in [-0.15, -0.1) is 0 Å². The van der Waals surface area contributed by atoms with E-state index < -0.39 is 24.2 Å². The molecular formula is C7H12F2O2. The van der Waals surface area contributed by atoms with E-state index in [1.165, 1.54) is 6.92 Å². The molecule has 0 aromatic rings. The monoisotopic (exact) mass is 166 g/mol. The molecular weight excluding hydrogens is 154 g/mol. The lowest BCUT2D eigenvalue weighted by Crippen LogP contribution is -2.33. The minimum atomic E-state index is -3.08. The highest BCUT2D eigenvalue weighted by Gasteiger charge is 2.55. The molecule has 0 amide bonds. The van der Waals surface area contributed by atoms with Gasteiger partial charge in [-0.2, -0.15) is 0 Å². The molecule has 0 aromatic carbocycles. The van der Waals surface area contributed by atoms with E-state index >= 15 is 0 Å². The second-order valence-electron chi connectivity index (χ2n) is 2.90. The van der Waals surface area contributed by atoms with Crippen molar-refractivity contribution in [2.24, 2.45) is 5.92 Å². The van der Waals surface area contributed by atoms with Crippen molar-refractivity contribution in [3.63, 3.8) is 0 Å². The van der Waals surface area contributed by atoms with E-state index in [9.17, 15) is 8.78 Å². The van der Waals surface area contributed by atoms with Crippen LogP contribution in [0.25, 0.3) is 0 Å². The van der Waals surface area contributed by atoms with Gasteiger partial charge in [0.15, 0.2) is 0 Å². The normalized spacial score (nSPS) is 42.8. The van der Waals surface area contributed by atoms with Crippen LogP contribution in [-0.4, -0.2) is 23.4 Å². The van der Waals surface area contributed by atoms with Gasteiger partial charge in [0.05, 0.1) is 12.0 Å². The van der Waals surface area contributed by atoms with Crippen LogP contribution in [0.4, 0.5) is 8.78 Å². The Balaban J connectivity index is 2.71. The van der Waals surface area contributed by atoms with Crippen LogP contribution in [0, 0.1) is 5.92 Å². The topological polar surface area (TPSA) is 29.5 Å². The number of hydrogen-bond donors (Lipinski definition) is 1. The van der Waals surface area contributed by atoms with Gasteiger partial charge in [0.25, 0.3) is 0 Å². The van der Waals surface area contributed by atoms with Crippen molar-refractivity contribution in [1.29, 1.82) is 0 Å². The molecule has 0 radical (unpaired) electrons. The SMILES string of the molecule is CC[C@H]1OC(O)C(F)(F)C1C. The first-order chi connectivity index (χ1) is 5.00. The van der Waals surface area contributed by atoms with Gasteiger partial charge in [-0.3, -0.25) is 0 Å². The molecule has 66 valence electrons. The van der Waals surface area contributed by atoms with Gasteiger partial charge in [0.2, 0.25) is 6.29 Å². The molecule has 3 atom stereocenters. The van der Waals surface area contributed by atoms with E-state index in [0.29, 0.717) is 6.42 Å². The van der Waals surface area contributed by atoms with Crippen LogP contribution in [0.2, 0.25) is 0 Å². The maximum Gasteiger partial charge on any atom is 0.302 e. The zero-order valence-corrected chi connectivity index (χ0v) is 6.55. The van der Waals surface area contributed by atoms with Crippen molar-refractivity contribution < 1.29 is 18.6 Å². The van der Waals surface area contributed by atoms with E-state index in [-0.39, 0.29) is 0 Å². The third kappa shape index (κ3) is 1.25. The molecule has 1 aliphatic heterocycles. The Morgan fingerprint density at radius 3 is 2.27 bits per heavy atom. The molecule has 4 heteroatoms. The van der Waals surface area contributed by atoms with Crippen molar-refractivity contribution in [1.82, 2.24) is 0 Å². The molecule has 1 fully saturated rings. The molecule has 11 heavy (non-hydrogen) atoms. The summed E-state index contributed by atoms with van der Waals surface area (Å²) >= 11 is 0. The van der Waals surface area contributed by atoms with Crippen molar-refractivity contribution in [3.8, 4) is 0 Å². The molecule has 1 rings (SSSR count). The average molecular weight is 166 g/mol. The van der Waals surface area contributed by atoms with Gasteiger partial charge in [0.1, 0.15) is 0 Å². The van der Waals surface area contributed by atoms with E-state index in [4.69, 9.17) is 5.11 Å². The average Bonchev–Trinajstić information content (AvgIpc) is 2.14. The minimum Gasteiger partial charge on any atom is -0.363 e. The van der Waals surface area contributed by atoms with Gasteiger partial charge in [-0.05, 0) is 6.42 Å². The standard InChI is InChI=1S/C7H12F2O2/c1-3-5-4(2)7(8,9)6(10)11-5/h4-6,10H,3H2,1-2H3/t4?,5-,6?/m1/s1. The molecule has 0 aromatic heterocycles. The molecule has 0 bridgehead atoms. The number of aliphatic hydroxyl groups is 1. The molecule has 0 spiro atoms. The molecule has 1 saturated heterocycles. The molecule has 0 saturated carbocycles. The number of ether oxygens (including phenoxy) is 1. The zero-order chi connectivity index (χ0) is 8.65. The van der Waals surface area contributed by atoms with E-state index in [1.807, 2.05) is 0 Å². The van der Waals surface area contributed by atoms with Crippen molar-refractivity contribution in [2.45, 2.75) is 38.6 Å². The Hall–Kier alpha value is -0.220. The second kappa shape index (κ2) is 2.68. The summed E-state index contributed by atoms with van der Waals surface area (Å²) in [5.41, 5.74) is 0. The van der Waals surface area contributed by atoms with Crippen LogP contribution in [-0.2, 0) is 4.74 Å². The highest BCUT2D eigenvalue weighted by molar-refractivity contribution is 4.88. The molecule has 2 nitrogen and oxygen atoms in total. The number of aliphatic hydroxyl groups excluding tert-OH is 1. The summed E-state index contributed by atoms with van der Waals surface area (Å²) in [7, 11) is 0. The number of rotatable bonds is 1. The lowest BCUT2D eigenvalue weighted by molar-refractivity contribution is -0.191. The summed E-state index contributed by atoms with van der Waals surface area (Å²) in [6.45, 7) is 3.15. The largest absolute Gasteiger partial charge is 0.363 e. The first-order valence-corrected chi connectivity index (χ1v) is 3.71. The predicted octanol–water partition coefficient (Wildman–Crippen LogP) is 1.39. The Labute approximate surface area is 64.2 Å². The molecule has 1 N–H and O–H groups in total. The third-order valence-electron chi connectivity index (χ3n) is 2.20. The maximum absolute atomic E-state index is 12.8. The molecule has 1 heterocycles. The van der Waals surface area contributed by atoms with Crippen LogP contribution >= 0.6 is 0 Å². The van der Waals surface area contributed by atoms with Crippen LogP contribution in [0.5, 0.6) is 0 Å². The highest BCUT2D eigenvalue weighted by Crippen LogP contribution is 2.40. The quantitative estimate of drug-likeness (QED) is 0.637. The fourth-order valence-corrected chi connectivity index (χ4v) is 1.30. The Kier molecular flexibility index (Phi) is 2.16. The number of hydrogen-bond acceptors (Lipinski definition) is 2. The summed E-state index contributed by atoms with van der Waals surface area (Å²) in [5, 5.41) is 8.76. The Morgan fingerprint density at radius 2 is 2.09 bits per heavy atom. The second-order valence-corrected chi connectivity index (χ2v) is 2.90. The molecule has 2 unspecified atom stereocenters. The molecule has 0 aliphatic carbocycles. The van der Waals surface area contributed by atoms with Crippen LogP contribution in [0.1, 0.15) is 20.3 Å². The van der Waals surface area contributed by atoms with Gasteiger partial charge in [0, 0.05) is 0 Å². The fraction of sp³-hybridized carbons (Fsp3) is 1.00. The van der Waals surface area contributed by atoms with Crippen molar-refractivity contribution in [3.05, 3.63) is 0 Å². The van der Waals surface area contributed by atoms with Gasteiger partial charge < -0.3 is 9.84 Å². The lowest BCUT2D eigenvalue weighted by Gasteiger charge is -2.16. The van der Waals surface area contributed by atoms with Gasteiger partial charge in [-0.1, -0.05) is 13.8 Å². The first-order valence-electron chi connectivity index (χ1n) is 3.71. The van der Waals surface area contributed by atoms with Crippen LogP contribution in [0.15, 0.2) is 0 Å². The summed E-state index contributed by atoms with van der Waals surface area (Å²) < 4.78 is 30.2. The zero-order valence-electron chi connectivity index (χ0n) is 6.55. The lowest BCUT2D eigenvalue weighted by atomic mass is 9.98. The first kappa shape index (κ1) is 8.87. The summed E-state index contributed by atoms with van der Waals surface area (Å²) in [4.78, 5) is 0. The maximum atomic E-state index is 12.8. The van der Waals surface area contributed by atoms with E-state index in [2.05, 4.69) is 4.74 Å². The smallest absolute Gasteiger partial charge is 0.302 e. The molecule has 1 aliphatic rings. The fourth-order valence-electron chi connectivity index (χ4n) is 1.30. The summed E-state index contributed by atoms with van der Waals surface area (Å²) in [6, 6.07) is 0.